The molecule has 2 nitrogen and oxygen atoms in total. The molecule has 98 valence electrons. The number of nitrogens with one attached hydrogen (secondary N) is 1. The zero-order chi connectivity index (χ0) is 12.4. The third kappa shape index (κ3) is 2.85. The van der Waals surface area contributed by atoms with E-state index in [2.05, 4.69) is 22.6 Å². The van der Waals surface area contributed by atoms with E-state index in [0.29, 0.717) is 6.04 Å². The van der Waals surface area contributed by atoms with Gasteiger partial charge in [-0.05, 0) is 48.8 Å². The summed E-state index contributed by atoms with van der Waals surface area (Å²) in [4.78, 5) is 1.39. The lowest BCUT2D eigenvalue weighted by atomic mass is 10.0. The normalized spacial score (nSPS) is 24.8. The van der Waals surface area contributed by atoms with Crippen molar-refractivity contribution in [1.82, 2.24) is 10.4 Å². The number of halogens is 1. The Bertz CT molecular complexity index is 418. The molecule has 3 rings (SSSR count). The van der Waals surface area contributed by atoms with Crippen LogP contribution in [0.15, 0.2) is 23.1 Å². The van der Waals surface area contributed by atoms with Crippen LogP contribution >= 0.6 is 23.4 Å². The highest BCUT2D eigenvalue weighted by atomic mass is 35.5. The van der Waals surface area contributed by atoms with Crippen LogP contribution in [0, 0.1) is 0 Å². The number of rotatable bonds is 2. The fourth-order valence-corrected chi connectivity index (χ4v) is 4.03. The van der Waals surface area contributed by atoms with Crippen LogP contribution in [0.3, 0.4) is 0 Å². The molecular formula is C14H19ClN2S. The number of piperidine rings is 1. The monoisotopic (exact) mass is 282 g/mol. The minimum atomic E-state index is 0.443. The zero-order valence-corrected chi connectivity index (χ0v) is 12.1. The Hall–Kier alpha value is -0.220. The van der Waals surface area contributed by atoms with E-state index in [0.717, 1.165) is 5.02 Å². The van der Waals surface area contributed by atoms with Crippen molar-refractivity contribution in [3.63, 3.8) is 0 Å². The lowest BCUT2D eigenvalue weighted by Crippen LogP contribution is -2.44. The van der Waals surface area contributed by atoms with Gasteiger partial charge in [0.2, 0.25) is 0 Å². The molecule has 2 aliphatic rings. The number of nitrogens with zero attached hydrogens (tertiary/aromatic N) is 1. The minimum Gasteiger partial charge on any atom is -0.248 e. The molecular weight excluding hydrogens is 264 g/mol. The van der Waals surface area contributed by atoms with Crippen LogP contribution in [0.5, 0.6) is 0 Å². The molecule has 0 saturated carbocycles. The second-order valence-electron chi connectivity index (χ2n) is 5.05. The topological polar surface area (TPSA) is 15.3 Å². The first-order valence-corrected chi connectivity index (χ1v) is 8.13. The van der Waals surface area contributed by atoms with Gasteiger partial charge in [-0.25, -0.2) is 10.4 Å². The molecule has 18 heavy (non-hydrogen) atoms. The molecule has 1 aromatic carbocycles. The third-order valence-corrected chi connectivity index (χ3v) is 5.06. The van der Waals surface area contributed by atoms with Gasteiger partial charge in [0, 0.05) is 29.0 Å². The fraction of sp³-hybridized carbons (Fsp3) is 0.571. The maximum absolute atomic E-state index is 6.13. The van der Waals surface area contributed by atoms with Crippen molar-refractivity contribution in [1.29, 1.82) is 0 Å². The van der Waals surface area contributed by atoms with Crippen molar-refractivity contribution in [2.75, 3.05) is 18.8 Å². The highest BCUT2D eigenvalue weighted by Crippen LogP contribution is 2.37. The number of benzene rings is 1. The molecule has 1 fully saturated rings. The van der Waals surface area contributed by atoms with Crippen LogP contribution in [-0.2, 0) is 0 Å². The second-order valence-corrected chi connectivity index (χ2v) is 6.62. The van der Waals surface area contributed by atoms with E-state index in [-0.39, 0.29) is 0 Å². The molecule has 1 saturated heterocycles. The van der Waals surface area contributed by atoms with Crippen LogP contribution < -0.4 is 5.43 Å². The average Bonchev–Trinajstić information content (AvgIpc) is 2.41. The van der Waals surface area contributed by atoms with Crippen molar-refractivity contribution in [2.45, 2.75) is 36.6 Å². The predicted octanol–water partition coefficient (Wildman–Crippen LogP) is 3.87. The Balaban J connectivity index is 1.75. The van der Waals surface area contributed by atoms with Crippen LogP contribution in [0.1, 0.15) is 37.3 Å². The van der Waals surface area contributed by atoms with Gasteiger partial charge in [0.25, 0.3) is 0 Å². The van der Waals surface area contributed by atoms with Gasteiger partial charge < -0.3 is 0 Å². The Morgan fingerprint density at radius 3 is 2.89 bits per heavy atom. The standard InChI is InChI=1S/C14H19ClN2S/c15-11-4-5-14-12(10-11)13(6-9-18-14)16-17-7-2-1-3-8-17/h4-5,10,13,16H,1-3,6-9H2. The van der Waals surface area contributed by atoms with E-state index >= 15 is 0 Å². The quantitative estimate of drug-likeness (QED) is 0.886. The molecule has 0 amide bonds. The molecule has 0 radical (unpaired) electrons. The number of hydrogen-bond donors (Lipinski definition) is 1. The predicted molar refractivity (Wildman–Crippen MR) is 78.1 cm³/mol. The van der Waals surface area contributed by atoms with E-state index in [9.17, 15) is 0 Å². The van der Waals surface area contributed by atoms with Gasteiger partial charge >= 0.3 is 0 Å². The molecule has 4 heteroatoms. The van der Waals surface area contributed by atoms with Crippen molar-refractivity contribution < 1.29 is 0 Å². The summed E-state index contributed by atoms with van der Waals surface area (Å²) in [5.74, 6) is 1.19. The lowest BCUT2D eigenvalue weighted by Gasteiger charge is -2.34. The molecule has 0 aliphatic carbocycles. The largest absolute Gasteiger partial charge is 0.248 e. The van der Waals surface area contributed by atoms with Crippen LogP contribution in [0.4, 0.5) is 0 Å². The molecule has 1 aromatic rings. The average molecular weight is 283 g/mol. The minimum absolute atomic E-state index is 0.443. The first kappa shape index (κ1) is 12.8. The molecule has 0 spiro atoms. The van der Waals surface area contributed by atoms with E-state index in [1.54, 1.807) is 0 Å². The summed E-state index contributed by atoms with van der Waals surface area (Å²) in [5, 5.41) is 3.25. The van der Waals surface area contributed by atoms with Gasteiger partial charge in [0.15, 0.2) is 0 Å². The molecule has 1 atom stereocenters. The molecule has 2 aliphatic heterocycles. The first-order valence-electron chi connectivity index (χ1n) is 6.76. The van der Waals surface area contributed by atoms with Gasteiger partial charge in [-0.3, -0.25) is 0 Å². The van der Waals surface area contributed by atoms with E-state index < -0.39 is 0 Å². The maximum atomic E-state index is 6.13. The summed E-state index contributed by atoms with van der Waals surface area (Å²) in [6.45, 7) is 2.36. The SMILES string of the molecule is Clc1ccc2c(c1)C(NN1CCCCC1)CCS2. The summed E-state index contributed by atoms with van der Waals surface area (Å²) in [6, 6.07) is 6.73. The molecule has 0 bridgehead atoms. The maximum Gasteiger partial charge on any atom is 0.0484 e. The van der Waals surface area contributed by atoms with E-state index in [1.165, 1.54) is 55.0 Å². The molecule has 1 N–H and O–H groups in total. The second kappa shape index (κ2) is 5.83. The van der Waals surface area contributed by atoms with Crippen molar-refractivity contribution in [3.8, 4) is 0 Å². The summed E-state index contributed by atoms with van der Waals surface area (Å²) in [7, 11) is 0. The van der Waals surface area contributed by atoms with E-state index in [4.69, 9.17) is 11.6 Å². The fourth-order valence-electron chi connectivity index (χ4n) is 2.74. The van der Waals surface area contributed by atoms with Crippen LogP contribution in [-0.4, -0.2) is 23.9 Å². The number of fused-ring (bicyclic) bond motifs is 1. The number of hydrogen-bond acceptors (Lipinski definition) is 3. The summed E-state index contributed by atoms with van der Waals surface area (Å²) in [6.07, 6.45) is 5.20. The third-order valence-electron chi connectivity index (χ3n) is 3.71. The number of hydrazine groups is 1. The van der Waals surface area contributed by atoms with Crippen molar-refractivity contribution >= 4 is 23.4 Å². The Morgan fingerprint density at radius 1 is 1.22 bits per heavy atom. The zero-order valence-electron chi connectivity index (χ0n) is 10.5. The van der Waals surface area contributed by atoms with Crippen LogP contribution in [0.2, 0.25) is 5.02 Å². The van der Waals surface area contributed by atoms with Crippen LogP contribution in [0.25, 0.3) is 0 Å². The van der Waals surface area contributed by atoms with Crippen molar-refractivity contribution in [2.24, 2.45) is 0 Å². The highest BCUT2D eigenvalue weighted by Gasteiger charge is 2.23. The first-order chi connectivity index (χ1) is 8.83. The van der Waals surface area contributed by atoms with Gasteiger partial charge in [-0.2, -0.15) is 0 Å². The summed E-state index contributed by atoms with van der Waals surface area (Å²) in [5.41, 5.74) is 5.08. The lowest BCUT2D eigenvalue weighted by molar-refractivity contribution is 0.126. The van der Waals surface area contributed by atoms with Gasteiger partial charge in [0.05, 0.1) is 0 Å². The molecule has 2 heterocycles. The highest BCUT2D eigenvalue weighted by molar-refractivity contribution is 7.99. The Labute approximate surface area is 118 Å². The smallest absolute Gasteiger partial charge is 0.0484 e. The van der Waals surface area contributed by atoms with Gasteiger partial charge in [-0.15, -0.1) is 11.8 Å². The molecule has 0 aromatic heterocycles. The van der Waals surface area contributed by atoms with Gasteiger partial charge in [0.1, 0.15) is 0 Å². The van der Waals surface area contributed by atoms with Crippen molar-refractivity contribution in [3.05, 3.63) is 28.8 Å². The van der Waals surface area contributed by atoms with E-state index in [1.807, 2.05) is 17.8 Å². The summed E-state index contributed by atoms with van der Waals surface area (Å²) >= 11 is 8.08. The Kier molecular flexibility index (Phi) is 4.14. The molecule has 1 unspecified atom stereocenters. The Morgan fingerprint density at radius 2 is 2.06 bits per heavy atom. The van der Waals surface area contributed by atoms with Gasteiger partial charge in [-0.1, -0.05) is 18.0 Å². The summed E-state index contributed by atoms with van der Waals surface area (Å²) < 4.78 is 0. The number of thioether (sulfide) groups is 1.